The van der Waals surface area contributed by atoms with Crippen LogP contribution in [0, 0.1) is 24.0 Å². The van der Waals surface area contributed by atoms with Gasteiger partial charge in [0.05, 0.1) is 29.9 Å². The standard InChI is InChI=1S/C22H29N7O3/c1-5-26(6-2)11-12-27-15-20(13-23-27)24-22(30)19-9-7-18(8-10-19)14-28-17(4)21(29(31)32)16(3)25-28/h7-10,13,15H,5-6,11-12,14H2,1-4H3,(H,24,30). The molecule has 3 aromatic rings. The van der Waals surface area contributed by atoms with Gasteiger partial charge in [0.2, 0.25) is 0 Å². The number of hydrogen-bond donors (Lipinski definition) is 1. The molecule has 0 aliphatic rings. The maximum Gasteiger partial charge on any atom is 0.312 e. The van der Waals surface area contributed by atoms with Crippen LogP contribution in [0.2, 0.25) is 0 Å². The molecule has 170 valence electrons. The number of likely N-dealkylation sites (N-methyl/N-ethyl adjacent to an activating group) is 1. The molecule has 0 aliphatic carbocycles. The zero-order valence-electron chi connectivity index (χ0n) is 18.9. The van der Waals surface area contributed by atoms with Crippen LogP contribution in [0.4, 0.5) is 11.4 Å². The third-order valence-electron chi connectivity index (χ3n) is 5.51. The van der Waals surface area contributed by atoms with Crippen molar-refractivity contribution in [1.29, 1.82) is 0 Å². The molecule has 32 heavy (non-hydrogen) atoms. The van der Waals surface area contributed by atoms with Gasteiger partial charge in [-0.25, -0.2) is 0 Å². The molecular formula is C22H29N7O3. The fraction of sp³-hybridized carbons (Fsp3) is 0.409. The average molecular weight is 440 g/mol. The Morgan fingerprint density at radius 3 is 2.47 bits per heavy atom. The number of hydrogen-bond acceptors (Lipinski definition) is 6. The van der Waals surface area contributed by atoms with E-state index in [-0.39, 0.29) is 11.6 Å². The van der Waals surface area contributed by atoms with Gasteiger partial charge >= 0.3 is 5.69 Å². The molecule has 0 atom stereocenters. The maximum atomic E-state index is 12.6. The molecule has 0 bridgehead atoms. The van der Waals surface area contributed by atoms with E-state index >= 15 is 0 Å². The molecule has 0 saturated heterocycles. The van der Waals surface area contributed by atoms with Crippen LogP contribution in [0.5, 0.6) is 0 Å². The number of anilines is 1. The summed E-state index contributed by atoms with van der Waals surface area (Å²) in [4.78, 5) is 25.7. The second-order valence-corrected chi connectivity index (χ2v) is 7.60. The molecule has 10 nitrogen and oxygen atoms in total. The summed E-state index contributed by atoms with van der Waals surface area (Å²) in [7, 11) is 0. The second kappa shape index (κ2) is 10.2. The molecule has 0 saturated carbocycles. The fourth-order valence-corrected chi connectivity index (χ4v) is 3.58. The zero-order chi connectivity index (χ0) is 23.3. The summed E-state index contributed by atoms with van der Waals surface area (Å²) in [6.45, 7) is 11.6. The Morgan fingerprint density at radius 2 is 1.88 bits per heavy atom. The lowest BCUT2D eigenvalue weighted by molar-refractivity contribution is -0.386. The summed E-state index contributed by atoms with van der Waals surface area (Å²) in [6, 6.07) is 7.11. The van der Waals surface area contributed by atoms with E-state index in [2.05, 4.69) is 34.3 Å². The van der Waals surface area contributed by atoms with E-state index < -0.39 is 4.92 Å². The second-order valence-electron chi connectivity index (χ2n) is 7.60. The van der Waals surface area contributed by atoms with Crippen molar-refractivity contribution in [3.05, 3.63) is 69.3 Å². The largest absolute Gasteiger partial charge is 0.319 e. The summed E-state index contributed by atoms with van der Waals surface area (Å²) >= 11 is 0. The van der Waals surface area contributed by atoms with Gasteiger partial charge in [-0.15, -0.1) is 0 Å². The minimum absolute atomic E-state index is 0.0404. The summed E-state index contributed by atoms with van der Waals surface area (Å²) in [5, 5.41) is 22.6. The van der Waals surface area contributed by atoms with E-state index in [9.17, 15) is 14.9 Å². The lowest BCUT2D eigenvalue weighted by Crippen LogP contribution is -2.27. The average Bonchev–Trinajstić information content (AvgIpc) is 3.32. The van der Waals surface area contributed by atoms with Gasteiger partial charge in [-0.2, -0.15) is 10.2 Å². The first kappa shape index (κ1) is 23.1. The van der Waals surface area contributed by atoms with Crippen LogP contribution >= 0.6 is 0 Å². The van der Waals surface area contributed by atoms with E-state index in [1.807, 2.05) is 23.0 Å². The zero-order valence-corrected chi connectivity index (χ0v) is 18.9. The van der Waals surface area contributed by atoms with Crippen LogP contribution in [-0.2, 0) is 13.1 Å². The molecule has 3 rings (SSSR count). The topological polar surface area (TPSA) is 111 Å². The van der Waals surface area contributed by atoms with Crippen LogP contribution < -0.4 is 5.32 Å². The number of carbonyl (C=O) groups excluding carboxylic acids is 1. The van der Waals surface area contributed by atoms with E-state index in [0.29, 0.717) is 29.2 Å². The summed E-state index contributed by atoms with van der Waals surface area (Å²) in [5.74, 6) is -0.221. The van der Waals surface area contributed by atoms with Crippen molar-refractivity contribution in [2.45, 2.75) is 40.8 Å². The van der Waals surface area contributed by atoms with Gasteiger partial charge in [0, 0.05) is 18.3 Å². The number of aromatic nitrogens is 4. The number of nitrogens with zero attached hydrogens (tertiary/aromatic N) is 6. The number of carbonyl (C=O) groups is 1. The monoisotopic (exact) mass is 439 g/mol. The van der Waals surface area contributed by atoms with Gasteiger partial charge in [0.25, 0.3) is 5.91 Å². The Bertz CT molecular complexity index is 1080. The molecule has 0 unspecified atom stereocenters. The molecule has 1 aromatic carbocycles. The predicted octanol–water partition coefficient (Wildman–Crippen LogP) is 3.25. The van der Waals surface area contributed by atoms with Crippen LogP contribution in [0.1, 0.15) is 41.2 Å². The Balaban J connectivity index is 1.60. The van der Waals surface area contributed by atoms with Gasteiger partial charge in [0.1, 0.15) is 11.4 Å². The van der Waals surface area contributed by atoms with Crippen molar-refractivity contribution in [2.75, 3.05) is 25.0 Å². The molecule has 1 N–H and O–H groups in total. The molecule has 0 spiro atoms. The minimum Gasteiger partial charge on any atom is -0.319 e. The lowest BCUT2D eigenvalue weighted by Gasteiger charge is -2.17. The fourth-order valence-electron chi connectivity index (χ4n) is 3.58. The third-order valence-corrected chi connectivity index (χ3v) is 5.51. The van der Waals surface area contributed by atoms with Crippen LogP contribution in [0.15, 0.2) is 36.7 Å². The van der Waals surface area contributed by atoms with Crippen molar-refractivity contribution in [1.82, 2.24) is 24.5 Å². The molecule has 0 fully saturated rings. The third kappa shape index (κ3) is 5.38. The Morgan fingerprint density at radius 1 is 1.19 bits per heavy atom. The van der Waals surface area contributed by atoms with Gasteiger partial charge < -0.3 is 10.2 Å². The van der Waals surface area contributed by atoms with Crippen molar-refractivity contribution in [3.8, 4) is 0 Å². The van der Waals surface area contributed by atoms with Crippen LogP contribution in [0.25, 0.3) is 0 Å². The van der Waals surface area contributed by atoms with Gasteiger partial charge in [-0.3, -0.25) is 24.3 Å². The Labute approximate surface area is 187 Å². The van der Waals surface area contributed by atoms with Crippen molar-refractivity contribution >= 4 is 17.3 Å². The maximum absolute atomic E-state index is 12.6. The van der Waals surface area contributed by atoms with Gasteiger partial charge in [-0.05, 0) is 44.6 Å². The molecule has 2 aromatic heterocycles. The predicted molar refractivity (Wildman–Crippen MR) is 122 cm³/mol. The number of nitro groups is 1. The normalized spacial score (nSPS) is 11.2. The number of aryl methyl sites for hydroxylation is 1. The number of amides is 1. The van der Waals surface area contributed by atoms with E-state index in [1.54, 1.807) is 36.9 Å². The first-order chi connectivity index (χ1) is 15.3. The van der Waals surface area contributed by atoms with Crippen molar-refractivity contribution < 1.29 is 9.72 Å². The summed E-state index contributed by atoms with van der Waals surface area (Å²) < 4.78 is 3.43. The number of benzene rings is 1. The number of rotatable bonds is 10. The molecular weight excluding hydrogens is 410 g/mol. The van der Waals surface area contributed by atoms with E-state index in [1.165, 1.54) is 0 Å². The summed E-state index contributed by atoms with van der Waals surface area (Å²) in [5.41, 5.74) is 3.00. The molecule has 0 radical (unpaired) electrons. The Hall–Kier alpha value is -3.53. The molecule has 2 heterocycles. The van der Waals surface area contributed by atoms with Gasteiger partial charge in [0.15, 0.2) is 0 Å². The smallest absolute Gasteiger partial charge is 0.312 e. The van der Waals surface area contributed by atoms with Crippen LogP contribution in [0.3, 0.4) is 0 Å². The van der Waals surface area contributed by atoms with E-state index in [0.717, 1.165) is 31.7 Å². The van der Waals surface area contributed by atoms with Crippen molar-refractivity contribution in [2.24, 2.45) is 0 Å². The van der Waals surface area contributed by atoms with Gasteiger partial charge in [-0.1, -0.05) is 26.0 Å². The summed E-state index contributed by atoms with van der Waals surface area (Å²) in [6.07, 6.45) is 3.47. The van der Waals surface area contributed by atoms with Crippen molar-refractivity contribution in [3.63, 3.8) is 0 Å². The first-order valence-electron chi connectivity index (χ1n) is 10.7. The lowest BCUT2D eigenvalue weighted by atomic mass is 10.1. The first-order valence-corrected chi connectivity index (χ1v) is 10.7. The Kier molecular flexibility index (Phi) is 7.37. The number of nitrogens with one attached hydrogen (secondary N) is 1. The quantitative estimate of drug-likeness (QED) is 0.383. The van der Waals surface area contributed by atoms with E-state index in [4.69, 9.17) is 0 Å². The highest BCUT2D eigenvalue weighted by Crippen LogP contribution is 2.22. The SMILES string of the molecule is CCN(CC)CCn1cc(NC(=O)c2ccc(Cn3nc(C)c([N+](=O)[O-])c3C)cc2)cn1. The molecule has 1 amide bonds. The highest BCUT2D eigenvalue weighted by molar-refractivity contribution is 6.04. The molecule has 0 aliphatic heterocycles. The minimum atomic E-state index is -0.409. The van der Waals surface area contributed by atoms with Crippen LogP contribution in [-0.4, -0.2) is 54.9 Å². The highest BCUT2D eigenvalue weighted by Gasteiger charge is 2.21. The highest BCUT2D eigenvalue weighted by atomic mass is 16.6. The molecule has 10 heteroatoms.